The molecular weight excluding hydrogens is 432 g/mol. The van der Waals surface area contributed by atoms with Crippen LogP contribution in [-0.4, -0.2) is 29.3 Å². The second-order valence-electron chi connectivity index (χ2n) is 10.2. The van der Waals surface area contributed by atoms with Gasteiger partial charge >= 0.3 is 0 Å². The van der Waals surface area contributed by atoms with E-state index in [-0.39, 0.29) is 5.92 Å². The second-order valence-corrected chi connectivity index (χ2v) is 10.2. The van der Waals surface area contributed by atoms with Crippen molar-refractivity contribution >= 4 is 28.1 Å². The number of aromatic amines is 2. The van der Waals surface area contributed by atoms with Crippen molar-refractivity contribution in [2.24, 2.45) is 17.6 Å². The van der Waals surface area contributed by atoms with E-state index in [2.05, 4.69) is 85.6 Å². The third-order valence-corrected chi connectivity index (χ3v) is 6.57. The number of fused-ring (bicyclic) bond motifs is 4. The van der Waals surface area contributed by atoms with Crippen molar-refractivity contribution in [3.8, 4) is 0 Å². The predicted octanol–water partition coefficient (Wildman–Crippen LogP) is 6.14. The fourth-order valence-electron chi connectivity index (χ4n) is 4.88. The van der Waals surface area contributed by atoms with Gasteiger partial charge in [-0.25, -0.2) is 0 Å². The van der Waals surface area contributed by atoms with E-state index in [1.165, 1.54) is 49.8 Å². The molecule has 1 aliphatic heterocycles. The number of nitrogens with two attached hydrogens (primary N) is 1. The van der Waals surface area contributed by atoms with Crippen molar-refractivity contribution < 1.29 is 4.79 Å². The zero-order valence-electron chi connectivity index (χ0n) is 22.2. The molecule has 5 rings (SSSR count). The second kappa shape index (κ2) is 12.2. The Morgan fingerprint density at radius 2 is 1.63 bits per heavy atom. The molecule has 2 aromatic carbocycles. The van der Waals surface area contributed by atoms with E-state index in [9.17, 15) is 4.79 Å². The summed E-state index contributed by atoms with van der Waals surface area (Å²) < 4.78 is 0. The van der Waals surface area contributed by atoms with E-state index >= 15 is 0 Å². The average molecular weight is 475 g/mol. The first-order valence-corrected chi connectivity index (χ1v) is 12.8. The van der Waals surface area contributed by atoms with Crippen LogP contribution < -0.4 is 11.1 Å². The molecule has 3 heterocycles. The number of hydrogen-bond acceptors (Lipinski definition) is 3. The van der Waals surface area contributed by atoms with Crippen LogP contribution >= 0.6 is 0 Å². The molecule has 2 aromatic heterocycles. The van der Waals surface area contributed by atoms with Crippen LogP contribution in [0.2, 0.25) is 0 Å². The Bertz CT molecular complexity index is 1250. The maximum atomic E-state index is 9.50. The Balaban J connectivity index is 0.000000169. The van der Waals surface area contributed by atoms with Crippen molar-refractivity contribution in [2.75, 3.05) is 13.1 Å². The number of hydrogen-bond donors (Lipinski definition) is 4. The zero-order valence-corrected chi connectivity index (χ0v) is 22.2. The lowest BCUT2D eigenvalue weighted by molar-refractivity contribution is -0.110. The first kappa shape index (κ1) is 26.7. The first-order chi connectivity index (χ1) is 16.8. The minimum absolute atomic E-state index is 0.204. The van der Waals surface area contributed by atoms with Gasteiger partial charge in [0, 0.05) is 45.7 Å². The van der Waals surface area contributed by atoms with Crippen LogP contribution in [0.1, 0.15) is 61.7 Å². The summed E-state index contributed by atoms with van der Waals surface area (Å²) in [6.07, 6.45) is 5.07. The molecule has 0 amide bonds. The smallest absolute Gasteiger partial charge is 0.122 e. The summed E-state index contributed by atoms with van der Waals surface area (Å²) >= 11 is 0. The van der Waals surface area contributed by atoms with Gasteiger partial charge in [0.2, 0.25) is 0 Å². The molecule has 1 atom stereocenters. The maximum absolute atomic E-state index is 9.50. The maximum Gasteiger partial charge on any atom is 0.122 e. The predicted molar refractivity (Wildman–Crippen MR) is 149 cm³/mol. The number of H-pyrrole nitrogens is 2. The van der Waals surface area contributed by atoms with Gasteiger partial charge in [-0.05, 0) is 80.1 Å². The summed E-state index contributed by atoms with van der Waals surface area (Å²) in [6, 6.07) is 13.3. The minimum Gasteiger partial charge on any atom is -0.361 e. The Morgan fingerprint density at radius 1 is 1.00 bits per heavy atom. The lowest BCUT2D eigenvalue weighted by Crippen LogP contribution is -2.32. The molecular formula is C30H42N4O. The largest absolute Gasteiger partial charge is 0.361 e. The summed E-state index contributed by atoms with van der Waals surface area (Å²) in [7, 11) is 0. The Labute approximate surface area is 209 Å². The molecule has 0 spiro atoms. The number of nitrogens with one attached hydrogen (secondary N) is 3. The topological polar surface area (TPSA) is 86.7 Å². The number of carbonyl (C=O) groups excluding carboxylic acids is 1. The number of aldehydes is 1. The number of benzene rings is 2. The van der Waals surface area contributed by atoms with Crippen LogP contribution in [0.3, 0.4) is 0 Å². The van der Waals surface area contributed by atoms with Gasteiger partial charge in [0.1, 0.15) is 6.29 Å². The molecule has 5 nitrogen and oxygen atoms in total. The molecule has 0 saturated carbocycles. The minimum atomic E-state index is 0.204. The molecule has 35 heavy (non-hydrogen) atoms. The monoisotopic (exact) mass is 474 g/mol. The molecule has 0 aliphatic carbocycles. The van der Waals surface area contributed by atoms with Crippen LogP contribution in [0.25, 0.3) is 21.8 Å². The fourth-order valence-corrected chi connectivity index (χ4v) is 4.88. The summed E-state index contributed by atoms with van der Waals surface area (Å²) in [5.41, 5.74) is 15.0. The summed E-state index contributed by atoms with van der Waals surface area (Å²) in [5.74, 6) is 0.831. The fraction of sp³-hybridized carbons (Fsp3) is 0.433. The molecule has 0 bridgehead atoms. The molecule has 0 saturated heterocycles. The Kier molecular flexibility index (Phi) is 9.30. The average Bonchev–Trinajstić information content (AvgIpc) is 3.43. The third-order valence-electron chi connectivity index (χ3n) is 6.57. The van der Waals surface area contributed by atoms with Crippen molar-refractivity contribution in [2.45, 2.75) is 60.4 Å². The van der Waals surface area contributed by atoms with Gasteiger partial charge < -0.3 is 25.8 Å². The number of aromatic nitrogens is 2. The van der Waals surface area contributed by atoms with E-state index in [4.69, 9.17) is 5.73 Å². The van der Waals surface area contributed by atoms with Crippen LogP contribution in [0.5, 0.6) is 0 Å². The molecule has 0 radical (unpaired) electrons. The number of carbonyl (C=O) groups is 1. The number of rotatable bonds is 4. The Morgan fingerprint density at radius 3 is 2.23 bits per heavy atom. The molecule has 1 aliphatic rings. The lowest BCUT2D eigenvalue weighted by Gasteiger charge is -2.27. The van der Waals surface area contributed by atoms with Gasteiger partial charge in [0.05, 0.1) is 0 Å². The van der Waals surface area contributed by atoms with Crippen LogP contribution in [0.15, 0.2) is 42.6 Å². The highest BCUT2D eigenvalue weighted by Gasteiger charge is 2.26. The zero-order chi connectivity index (χ0) is 25.5. The normalized spacial score (nSPS) is 14.9. The van der Waals surface area contributed by atoms with E-state index in [1.807, 2.05) is 13.8 Å². The highest BCUT2D eigenvalue weighted by molar-refractivity contribution is 5.88. The van der Waals surface area contributed by atoms with Crippen molar-refractivity contribution in [1.82, 2.24) is 15.3 Å². The van der Waals surface area contributed by atoms with E-state index in [0.29, 0.717) is 18.5 Å². The standard InChI is InChI=1S/C15H20N2.C11H14N2.C4H8O/c1-9(2)14-15-11(7-8-16-14)13-10(3)5-4-6-12(13)17-15;1-8-3-2-4-10-11(8)9(5-6-12)7-13-10;1-4(2)3-5/h4-6,9,14,16-17H,7-8H2,1-3H3;2-4,7,13H,5-6,12H2,1H3;3-4H,1-2H3. The van der Waals surface area contributed by atoms with Gasteiger partial charge in [0.25, 0.3) is 0 Å². The highest BCUT2D eigenvalue weighted by atomic mass is 16.1. The van der Waals surface area contributed by atoms with Gasteiger partial charge in [0.15, 0.2) is 0 Å². The quantitative estimate of drug-likeness (QED) is 0.268. The van der Waals surface area contributed by atoms with Crippen LogP contribution in [0, 0.1) is 25.7 Å². The molecule has 5 N–H and O–H groups in total. The van der Waals surface area contributed by atoms with Crippen LogP contribution in [0.4, 0.5) is 0 Å². The third kappa shape index (κ3) is 6.22. The molecule has 1 unspecified atom stereocenters. The summed E-state index contributed by atoms with van der Waals surface area (Å²) in [5, 5.41) is 6.42. The van der Waals surface area contributed by atoms with Crippen molar-refractivity contribution in [3.63, 3.8) is 0 Å². The Hall–Kier alpha value is -2.89. The summed E-state index contributed by atoms with van der Waals surface area (Å²) in [6.45, 7) is 14.4. The lowest BCUT2D eigenvalue weighted by atomic mass is 9.91. The van der Waals surface area contributed by atoms with Crippen molar-refractivity contribution in [1.29, 1.82) is 0 Å². The molecule has 188 valence electrons. The number of aryl methyl sites for hydroxylation is 2. The van der Waals surface area contributed by atoms with Crippen molar-refractivity contribution in [3.05, 3.63) is 70.5 Å². The first-order valence-electron chi connectivity index (χ1n) is 12.8. The van der Waals surface area contributed by atoms with Gasteiger partial charge in [-0.15, -0.1) is 0 Å². The van der Waals surface area contributed by atoms with Gasteiger partial charge in [-0.2, -0.15) is 0 Å². The molecule has 4 aromatic rings. The van der Waals surface area contributed by atoms with Crippen LogP contribution in [-0.2, 0) is 17.6 Å². The summed E-state index contributed by atoms with van der Waals surface area (Å²) in [4.78, 5) is 16.4. The van der Waals surface area contributed by atoms with E-state index in [1.54, 1.807) is 0 Å². The van der Waals surface area contributed by atoms with Gasteiger partial charge in [-0.3, -0.25) is 0 Å². The SMILES string of the molecule is CC(C)C=O.Cc1cccc2[nH]c3c(c12)CCNC3C(C)C.Cc1cccc2[nH]cc(CCN)c12. The van der Waals surface area contributed by atoms with E-state index in [0.717, 1.165) is 25.7 Å². The molecule has 0 fully saturated rings. The van der Waals surface area contributed by atoms with E-state index < -0.39 is 0 Å². The molecule has 5 heteroatoms. The highest BCUT2D eigenvalue weighted by Crippen LogP contribution is 2.34. The van der Waals surface area contributed by atoms with Gasteiger partial charge in [-0.1, -0.05) is 52.0 Å².